The van der Waals surface area contributed by atoms with Gasteiger partial charge in [-0.05, 0) is 50.2 Å². The number of halogens is 4. The summed E-state index contributed by atoms with van der Waals surface area (Å²) in [7, 11) is 0. The van der Waals surface area contributed by atoms with Gasteiger partial charge in [0.1, 0.15) is 0 Å². The molecule has 0 spiro atoms. The zero-order valence-electron chi connectivity index (χ0n) is 15.1. The van der Waals surface area contributed by atoms with Gasteiger partial charge >= 0.3 is 12.2 Å². The van der Waals surface area contributed by atoms with Crippen LogP contribution in [0.15, 0.2) is 30.5 Å². The van der Waals surface area contributed by atoms with E-state index in [4.69, 9.17) is 11.6 Å². The number of amides is 2. The minimum atomic E-state index is -4.70. The molecule has 152 valence electrons. The normalized spacial score (nSPS) is 15.4. The van der Waals surface area contributed by atoms with Crippen molar-refractivity contribution in [2.24, 2.45) is 0 Å². The number of carbonyl (C=O) groups excluding carboxylic acids is 1. The van der Waals surface area contributed by atoms with E-state index in [-0.39, 0.29) is 5.69 Å². The summed E-state index contributed by atoms with van der Waals surface area (Å²) in [5.41, 5.74) is -1.27. The lowest BCUT2D eigenvalue weighted by Gasteiger charge is -2.26. The summed E-state index contributed by atoms with van der Waals surface area (Å²) in [6.45, 7) is 2.99. The molecule has 2 amide bonds. The van der Waals surface area contributed by atoms with Crippen molar-refractivity contribution in [3.63, 3.8) is 0 Å². The van der Waals surface area contributed by atoms with E-state index in [1.807, 2.05) is 0 Å². The Kier molecular flexibility index (Phi) is 6.46. The maximum atomic E-state index is 13.6. The molecule has 1 aliphatic heterocycles. The van der Waals surface area contributed by atoms with Crippen LogP contribution in [0.5, 0.6) is 0 Å². The molecule has 1 fully saturated rings. The van der Waals surface area contributed by atoms with Crippen LogP contribution in [-0.2, 0) is 6.18 Å². The van der Waals surface area contributed by atoms with Crippen molar-refractivity contribution in [2.75, 3.05) is 31.5 Å². The lowest BCUT2D eigenvalue weighted by molar-refractivity contribution is -0.142. The van der Waals surface area contributed by atoms with E-state index in [1.54, 1.807) is 0 Å². The molecule has 3 rings (SSSR count). The molecule has 0 radical (unpaired) electrons. The SMILES string of the molecule is O=C(NCCN1CCCCC1)Nc1cnn(-c2ccc(Cl)cc2)c1C(F)(F)F. The predicted octanol–water partition coefficient (Wildman–Crippen LogP) is 4.15. The fourth-order valence-corrected chi connectivity index (χ4v) is 3.29. The van der Waals surface area contributed by atoms with Crippen molar-refractivity contribution in [3.8, 4) is 5.69 Å². The lowest BCUT2D eigenvalue weighted by Crippen LogP contribution is -2.39. The molecule has 1 saturated heterocycles. The molecule has 0 aliphatic carbocycles. The van der Waals surface area contributed by atoms with E-state index in [9.17, 15) is 18.0 Å². The molecule has 2 N–H and O–H groups in total. The Labute approximate surface area is 165 Å². The maximum Gasteiger partial charge on any atom is 0.435 e. The number of benzene rings is 1. The number of anilines is 1. The standard InChI is InChI=1S/C18H21ClF3N5O/c19-13-4-6-14(7-5-13)27-16(18(20,21)22)15(12-24-27)25-17(28)23-8-11-26-9-2-1-3-10-26/h4-7,12H,1-3,8-11H2,(H2,23,25,28). The average molecular weight is 416 g/mol. The number of nitrogens with zero attached hydrogens (tertiary/aromatic N) is 3. The van der Waals surface area contributed by atoms with Gasteiger partial charge in [0.25, 0.3) is 0 Å². The Morgan fingerprint density at radius 1 is 1.14 bits per heavy atom. The second-order valence-corrected chi connectivity index (χ2v) is 7.01. The molecule has 0 bridgehead atoms. The summed E-state index contributed by atoms with van der Waals surface area (Å²) >= 11 is 5.79. The first-order valence-corrected chi connectivity index (χ1v) is 9.41. The van der Waals surface area contributed by atoms with Crippen molar-refractivity contribution in [1.29, 1.82) is 0 Å². The summed E-state index contributed by atoms with van der Waals surface area (Å²) in [6.07, 6.45) is -0.244. The minimum absolute atomic E-state index is 0.190. The van der Waals surface area contributed by atoms with E-state index < -0.39 is 23.6 Å². The molecule has 0 unspecified atom stereocenters. The van der Waals surface area contributed by atoms with Crippen LogP contribution < -0.4 is 10.6 Å². The van der Waals surface area contributed by atoms with Gasteiger partial charge in [-0.1, -0.05) is 18.0 Å². The number of rotatable bonds is 5. The summed E-state index contributed by atoms with van der Waals surface area (Å²) in [4.78, 5) is 14.3. The zero-order chi connectivity index (χ0) is 20.1. The first-order valence-electron chi connectivity index (χ1n) is 9.03. The van der Waals surface area contributed by atoms with Gasteiger partial charge < -0.3 is 15.5 Å². The van der Waals surface area contributed by atoms with Crippen LogP contribution in [0.1, 0.15) is 25.0 Å². The van der Waals surface area contributed by atoms with Crippen molar-refractivity contribution in [2.45, 2.75) is 25.4 Å². The van der Waals surface area contributed by atoms with E-state index >= 15 is 0 Å². The lowest BCUT2D eigenvalue weighted by atomic mass is 10.1. The largest absolute Gasteiger partial charge is 0.435 e. The Morgan fingerprint density at radius 2 is 1.82 bits per heavy atom. The number of aromatic nitrogens is 2. The van der Waals surface area contributed by atoms with Crippen LogP contribution >= 0.6 is 11.6 Å². The van der Waals surface area contributed by atoms with E-state index in [1.165, 1.54) is 30.7 Å². The molecule has 1 aromatic carbocycles. The molecule has 28 heavy (non-hydrogen) atoms. The minimum Gasteiger partial charge on any atom is -0.337 e. The molecule has 1 aliphatic rings. The fraction of sp³-hybridized carbons (Fsp3) is 0.444. The second-order valence-electron chi connectivity index (χ2n) is 6.58. The van der Waals surface area contributed by atoms with Gasteiger partial charge in [0.2, 0.25) is 0 Å². The number of hydrogen-bond donors (Lipinski definition) is 2. The molecule has 6 nitrogen and oxygen atoms in total. The van der Waals surface area contributed by atoms with Crippen LogP contribution in [0, 0.1) is 0 Å². The van der Waals surface area contributed by atoms with Gasteiger partial charge in [-0.2, -0.15) is 18.3 Å². The fourth-order valence-electron chi connectivity index (χ4n) is 3.17. The molecular weight excluding hydrogens is 395 g/mol. The molecule has 0 atom stereocenters. The summed E-state index contributed by atoms with van der Waals surface area (Å²) in [6, 6.07) is 5.09. The van der Waals surface area contributed by atoms with Crippen LogP contribution in [0.3, 0.4) is 0 Å². The Hall–Kier alpha value is -2.26. The van der Waals surface area contributed by atoms with Crippen molar-refractivity contribution in [1.82, 2.24) is 20.0 Å². The molecule has 10 heteroatoms. The monoisotopic (exact) mass is 415 g/mol. The third-order valence-electron chi connectivity index (χ3n) is 4.52. The highest BCUT2D eigenvalue weighted by Crippen LogP contribution is 2.36. The summed E-state index contributed by atoms with van der Waals surface area (Å²) < 4.78 is 41.5. The van der Waals surface area contributed by atoms with Crippen molar-refractivity contribution < 1.29 is 18.0 Å². The first kappa shape index (κ1) is 20.5. The van der Waals surface area contributed by atoms with E-state index in [0.717, 1.165) is 36.8 Å². The Bertz CT molecular complexity index is 801. The van der Waals surface area contributed by atoms with Gasteiger partial charge in [0.15, 0.2) is 5.69 Å². The van der Waals surface area contributed by atoms with Crippen LogP contribution in [0.2, 0.25) is 5.02 Å². The van der Waals surface area contributed by atoms with Crippen molar-refractivity contribution >= 4 is 23.3 Å². The second kappa shape index (κ2) is 8.83. The smallest absolute Gasteiger partial charge is 0.337 e. The zero-order valence-corrected chi connectivity index (χ0v) is 15.9. The third-order valence-corrected chi connectivity index (χ3v) is 4.77. The van der Waals surface area contributed by atoms with Gasteiger partial charge in [0.05, 0.1) is 17.6 Å². The van der Waals surface area contributed by atoms with Crippen LogP contribution in [-0.4, -0.2) is 46.9 Å². The van der Waals surface area contributed by atoms with Gasteiger partial charge in [-0.15, -0.1) is 0 Å². The molecular formula is C18H21ClF3N5O. The number of hydrogen-bond acceptors (Lipinski definition) is 3. The molecule has 0 saturated carbocycles. The Balaban J connectivity index is 1.67. The number of nitrogens with one attached hydrogen (secondary N) is 2. The van der Waals surface area contributed by atoms with E-state index in [0.29, 0.717) is 18.1 Å². The molecule has 2 aromatic rings. The quantitative estimate of drug-likeness (QED) is 0.771. The number of alkyl halides is 3. The number of piperidine rings is 1. The van der Waals surface area contributed by atoms with Gasteiger partial charge in [0, 0.05) is 18.1 Å². The highest BCUT2D eigenvalue weighted by molar-refractivity contribution is 6.30. The number of carbonyl (C=O) groups is 1. The van der Waals surface area contributed by atoms with Gasteiger partial charge in [-0.25, -0.2) is 9.48 Å². The van der Waals surface area contributed by atoms with Gasteiger partial charge in [-0.3, -0.25) is 0 Å². The predicted molar refractivity (Wildman–Crippen MR) is 101 cm³/mol. The maximum absolute atomic E-state index is 13.6. The number of likely N-dealkylation sites (tertiary alicyclic amines) is 1. The van der Waals surface area contributed by atoms with Crippen LogP contribution in [0.25, 0.3) is 5.69 Å². The number of urea groups is 1. The van der Waals surface area contributed by atoms with Crippen LogP contribution in [0.4, 0.5) is 23.7 Å². The van der Waals surface area contributed by atoms with E-state index in [2.05, 4.69) is 20.6 Å². The Morgan fingerprint density at radius 3 is 2.46 bits per heavy atom. The van der Waals surface area contributed by atoms with Crippen molar-refractivity contribution in [3.05, 3.63) is 41.2 Å². The summed E-state index contributed by atoms with van der Waals surface area (Å²) in [5, 5.41) is 9.05. The topological polar surface area (TPSA) is 62.2 Å². The molecule has 1 aromatic heterocycles. The third kappa shape index (κ3) is 5.17. The highest BCUT2D eigenvalue weighted by Gasteiger charge is 2.39. The highest BCUT2D eigenvalue weighted by atomic mass is 35.5. The summed E-state index contributed by atoms with van der Waals surface area (Å²) in [5.74, 6) is 0. The average Bonchev–Trinajstić information content (AvgIpc) is 3.07. The first-order chi connectivity index (χ1) is 13.3. The molecule has 2 heterocycles.